The van der Waals surface area contributed by atoms with Gasteiger partial charge in [0.1, 0.15) is 11.9 Å². The van der Waals surface area contributed by atoms with Gasteiger partial charge in [-0.25, -0.2) is 13.2 Å². The SMILES string of the molecule is C[C@@H]1CN([C@H](C)CO)C(=O)c2cc(NS(=O)(=O)c3ccc(Cl)cc3)ccc2O[C@H]1CN(C)C(=O)Nc1ccc(C(F)(F)F)cc1. The van der Waals surface area contributed by atoms with E-state index in [9.17, 15) is 36.3 Å². The van der Waals surface area contributed by atoms with E-state index >= 15 is 0 Å². The fourth-order valence-corrected chi connectivity index (χ4v) is 5.82. The number of carbonyl (C=O) groups is 2. The molecule has 3 N–H and O–H groups in total. The number of aliphatic hydroxyl groups excluding tert-OH is 1. The molecule has 0 radical (unpaired) electrons. The van der Waals surface area contributed by atoms with E-state index in [2.05, 4.69) is 10.0 Å². The Hall–Kier alpha value is -4.01. The molecular formula is C30H32ClF3N4O6S. The maximum atomic E-state index is 13.7. The van der Waals surface area contributed by atoms with Crippen LogP contribution in [0.15, 0.2) is 71.6 Å². The minimum Gasteiger partial charge on any atom is -0.487 e. The second-order valence-electron chi connectivity index (χ2n) is 10.8. The van der Waals surface area contributed by atoms with Crippen molar-refractivity contribution in [2.75, 3.05) is 36.8 Å². The minimum absolute atomic E-state index is 0.0214. The number of anilines is 2. The lowest BCUT2D eigenvalue weighted by molar-refractivity contribution is -0.137. The van der Waals surface area contributed by atoms with Crippen LogP contribution in [0.25, 0.3) is 0 Å². The number of aliphatic hydroxyl groups is 1. The van der Waals surface area contributed by atoms with Crippen LogP contribution in [0.3, 0.4) is 0 Å². The Kier molecular flexibility index (Phi) is 10.2. The Bertz CT molecular complexity index is 1640. The van der Waals surface area contributed by atoms with Crippen molar-refractivity contribution < 1.29 is 41.0 Å². The maximum absolute atomic E-state index is 13.7. The van der Waals surface area contributed by atoms with E-state index in [1.54, 1.807) is 6.92 Å². The number of fused-ring (bicyclic) bond motifs is 1. The van der Waals surface area contributed by atoms with Crippen molar-refractivity contribution in [3.8, 4) is 5.75 Å². The highest BCUT2D eigenvalue weighted by Gasteiger charge is 2.35. The third-order valence-electron chi connectivity index (χ3n) is 7.30. The van der Waals surface area contributed by atoms with E-state index in [1.165, 1.54) is 59.3 Å². The largest absolute Gasteiger partial charge is 0.487 e. The van der Waals surface area contributed by atoms with Gasteiger partial charge in [0.15, 0.2) is 0 Å². The van der Waals surface area contributed by atoms with Crippen molar-refractivity contribution in [3.05, 3.63) is 82.9 Å². The average Bonchev–Trinajstić information content (AvgIpc) is 2.98. The molecule has 4 rings (SSSR count). The summed E-state index contributed by atoms with van der Waals surface area (Å²) < 4.78 is 73.3. The number of halogens is 4. The van der Waals surface area contributed by atoms with E-state index in [1.807, 2.05) is 6.92 Å². The number of sulfonamides is 1. The third-order valence-corrected chi connectivity index (χ3v) is 8.95. The summed E-state index contributed by atoms with van der Waals surface area (Å²) in [6.07, 6.45) is -5.18. The number of hydrogen-bond donors (Lipinski definition) is 3. The van der Waals surface area contributed by atoms with Crippen LogP contribution in [0.2, 0.25) is 5.02 Å². The number of carbonyl (C=O) groups excluding carboxylic acids is 2. The Morgan fingerprint density at radius 1 is 1.11 bits per heavy atom. The quantitative estimate of drug-likeness (QED) is 0.289. The first-order valence-corrected chi connectivity index (χ1v) is 15.7. The normalized spacial score (nSPS) is 17.8. The number of hydrogen-bond acceptors (Lipinski definition) is 6. The monoisotopic (exact) mass is 668 g/mol. The smallest absolute Gasteiger partial charge is 0.416 e. The van der Waals surface area contributed by atoms with Gasteiger partial charge in [0.25, 0.3) is 15.9 Å². The molecule has 0 aromatic heterocycles. The third kappa shape index (κ3) is 8.18. The second-order valence-corrected chi connectivity index (χ2v) is 12.9. The van der Waals surface area contributed by atoms with Gasteiger partial charge < -0.3 is 25.0 Å². The first-order chi connectivity index (χ1) is 21.1. The van der Waals surface area contributed by atoms with E-state index in [0.717, 1.165) is 24.3 Å². The summed E-state index contributed by atoms with van der Waals surface area (Å²) in [6, 6.07) is 12.6. The molecule has 45 heavy (non-hydrogen) atoms. The molecule has 0 fully saturated rings. The van der Waals surface area contributed by atoms with Crippen LogP contribution < -0.4 is 14.8 Å². The summed E-state index contributed by atoms with van der Waals surface area (Å²) in [5.74, 6) is -0.698. The number of rotatable bonds is 8. The fraction of sp³-hybridized carbons (Fsp3) is 0.333. The molecule has 0 spiro atoms. The van der Waals surface area contributed by atoms with Crippen LogP contribution in [0.1, 0.15) is 29.8 Å². The van der Waals surface area contributed by atoms with Crippen LogP contribution in [0, 0.1) is 5.92 Å². The van der Waals surface area contributed by atoms with Gasteiger partial charge in [0, 0.05) is 35.9 Å². The number of amides is 3. The van der Waals surface area contributed by atoms with Crippen molar-refractivity contribution in [3.63, 3.8) is 0 Å². The van der Waals surface area contributed by atoms with Crippen LogP contribution in [0.5, 0.6) is 5.75 Å². The van der Waals surface area contributed by atoms with Gasteiger partial charge in [-0.05, 0) is 73.7 Å². The zero-order chi connectivity index (χ0) is 33.1. The van der Waals surface area contributed by atoms with E-state index in [-0.39, 0.29) is 53.2 Å². The first-order valence-electron chi connectivity index (χ1n) is 13.8. The molecule has 242 valence electrons. The number of likely N-dealkylation sites (N-methyl/N-ethyl adjacent to an activating group) is 1. The van der Waals surface area contributed by atoms with Gasteiger partial charge in [0.05, 0.1) is 35.2 Å². The molecule has 15 heteroatoms. The minimum atomic E-state index is -4.51. The Balaban J connectivity index is 1.57. The standard InChI is InChI=1S/C30H32ClF3N4O6S/c1-18-15-38(19(2)17-39)28(40)25-14-23(36-45(42,43)24-11-6-21(31)7-12-24)10-13-26(25)44-27(18)16-37(3)29(41)35-22-8-4-20(5-9-22)30(32,33)34/h4-14,18-19,27,36,39H,15-17H2,1-3H3,(H,35,41)/t18-,19-,27+/m1/s1. The highest BCUT2D eigenvalue weighted by Crippen LogP contribution is 2.32. The second kappa shape index (κ2) is 13.5. The lowest BCUT2D eigenvalue weighted by Gasteiger charge is -2.38. The van der Waals surface area contributed by atoms with Crippen LogP contribution in [-0.4, -0.2) is 74.2 Å². The predicted octanol–water partition coefficient (Wildman–Crippen LogP) is 5.54. The summed E-state index contributed by atoms with van der Waals surface area (Å²) in [5.41, 5.74) is -0.545. The first kappa shape index (κ1) is 33.9. The lowest BCUT2D eigenvalue weighted by Crippen LogP contribution is -2.50. The highest BCUT2D eigenvalue weighted by molar-refractivity contribution is 7.92. The number of urea groups is 1. The zero-order valence-corrected chi connectivity index (χ0v) is 26.1. The molecule has 3 atom stereocenters. The number of benzene rings is 3. The lowest BCUT2D eigenvalue weighted by atomic mass is 9.99. The fourth-order valence-electron chi connectivity index (χ4n) is 4.65. The van der Waals surface area contributed by atoms with Crippen molar-refractivity contribution >= 4 is 44.9 Å². The molecule has 1 aliphatic heterocycles. The van der Waals surface area contributed by atoms with Crippen LogP contribution in [-0.2, 0) is 16.2 Å². The molecule has 0 bridgehead atoms. The molecule has 1 heterocycles. The molecular weight excluding hydrogens is 637 g/mol. The summed E-state index contributed by atoms with van der Waals surface area (Å²) in [7, 11) is -2.54. The van der Waals surface area contributed by atoms with E-state index in [0.29, 0.717) is 5.02 Å². The van der Waals surface area contributed by atoms with Crippen molar-refractivity contribution in [1.82, 2.24) is 9.80 Å². The number of ether oxygens (including phenoxy) is 1. The molecule has 3 aromatic rings. The van der Waals surface area contributed by atoms with Gasteiger partial charge in [-0.15, -0.1) is 0 Å². The Labute approximate surface area is 263 Å². The number of alkyl halides is 3. The molecule has 3 amide bonds. The van der Waals surface area contributed by atoms with E-state index < -0.39 is 45.8 Å². The summed E-state index contributed by atoms with van der Waals surface area (Å²) in [6.45, 7) is 3.31. The molecule has 0 saturated carbocycles. The average molecular weight is 669 g/mol. The highest BCUT2D eigenvalue weighted by atomic mass is 35.5. The predicted molar refractivity (Wildman–Crippen MR) is 163 cm³/mol. The Morgan fingerprint density at radius 3 is 2.33 bits per heavy atom. The number of nitrogens with one attached hydrogen (secondary N) is 2. The van der Waals surface area contributed by atoms with Gasteiger partial charge in [-0.3, -0.25) is 9.52 Å². The van der Waals surface area contributed by atoms with Crippen molar-refractivity contribution in [2.45, 2.75) is 37.1 Å². The van der Waals surface area contributed by atoms with Crippen LogP contribution >= 0.6 is 11.6 Å². The van der Waals surface area contributed by atoms with E-state index in [4.69, 9.17) is 16.3 Å². The molecule has 0 saturated heterocycles. The van der Waals surface area contributed by atoms with Gasteiger partial charge >= 0.3 is 12.2 Å². The summed E-state index contributed by atoms with van der Waals surface area (Å²) >= 11 is 5.87. The molecule has 3 aromatic carbocycles. The summed E-state index contributed by atoms with van der Waals surface area (Å²) in [4.78, 5) is 29.3. The maximum Gasteiger partial charge on any atom is 0.416 e. The topological polar surface area (TPSA) is 128 Å². The van der Waals surface area contributed by atoms with Crippen LogP contribution in [0.4, 0.5) is 29.3 Å². The molecule has 10 nitrogen and oxygen atoms in total. The molecule has 1 aliphatic rings. The van der Waals surface area contributed by atoms with Gasteiger partial charge in [-0.1, -0.05) is 18.5 Å². The molecule has 0 aliphatic carbocycles. The van der Waals surface area contributed by atoms with Gasteiger partial charge in [0.2, 0.25) is 0 Å². The summed E-state index contributed by atoms with van der Waals surface area (Å²) in [5, 5.41) is 12.8. The number of nitrogens with zero attached hydrogens (tertiary/aromatic N) is 2. The van der Waals surface area contributed by atoms with Crippen molar-refractivity contribution in [2.24, 2.45) is 5.92 Å². The van der Waals surface area contributed by atoms with Gasteiger partial charge in [-0.2, -0.15) is 13.2 Å². The Morgan fingerprint density at radius 2 is 1.73 bits per heavy atom. The zero-order valence-electron chi connectivity index (χ0n) is 24.5. The molecule has 0 unspecified atom stereocenters. The van der Waals surface area contributed by atoms with Crippen molar-refractivity contribution in [1.29, 1.82) is 0 Å².